The molecule has 0 amide bonds. The van der Waals surface area contributed by atoms with Crippen molar-refractivity contribution in [1.82, 2.24) is 9.97 Å². The van der Waals surface area contributed by atoms with Gasteiger partial charge in [-0.3, -0.25) is 0 Å². The fourth-order valence-corrected chi connectivity index (χ4v) is 4.42. The van der Waals surface area contributed by atoms with Gasteiger partial charge in [0.25, 0.3) is 0 Å². The number of nitrogens with zero attached hydrogens (tertiary/aromatic N) is 1. The third-order valence-electron chi connectivity index (χ3n) is 4.67. The summed E-state index contributed by atoms with van der Waals surface area (Å²) in [4.78, 5) is 8.50. The largest absolute Gasteiger partial charge is 0.358 e. The second kappa shape index (κ2) is 5.57. The molecule has 0 saturated heterocycles. The maximum atomic E-state index is 4.91. The van der Waals surface area contributed by atoms with Crippen LogP contribution in [0.2, 0.25) is 0 Å². The first kappa shape index (κ1) is 14.4. The van der Waals surface area contributed by atoms with Crippen LogP contribution in [0.4, 0.5) is 0 Å². The Balaban J connectivity index is 1.72. The SMILES string of the molecule is Cc1[nH]c2c(ccc3ccccc32)c1-c1nc(-c2ccccc2)cs1. The van der Waals surface area contributed by atoms with Crippen molar-refractivity contribution in [1.29, 1.82) is 0 Å². The molecule has 1 N–H and O–H groups in total. The maximum Gasteiger partial charge on any atom is 0.126 e. The van der Waals surface area contributed by atoms with E-state index in [-0.39, 0.29) is 0 Å². The van der Waals surface area contributed by atoms with E-state index in [2.05, 4.69) is 78.0 Å². The Morgan fingerprint density at radius 3 is 2.52 bits per heavy atom. The van der Waals surface area contributed by atoms with Crippen LogP contribution >= 0.6 is 11.3 Å². The van der Waals surface area contributed by atoms with Crippen LogP contribution < -0.4 is 0 Å². The van der Waals surface area contributed by atoms with Gasteiger partial charge in [-0.15, -0.1) is 11.3 Å². The molecule has 120 valence electrons. The fourth-order valence-electron chi connectivity index (χ4n) is 3.47. The Bertz CT molecular complexity index is 1200. The zero-order valence-corrected chi connectivity index (χ0v) is 14.6. The van der Waals surface area contributed by atoms with Crippen LogP contribution in [0.5, 0.6) is 0 Å². The molecule has 3 heteroatoms. The van der Waals surface area contributed by atoms with Gasteiger partial charge in [0.05, 0.1) is 11.2 Å². The molecule has 0 fully saturated rings. The molecule has 0 aliphatic rings. The van der Waals surface area contributed by atoms with Gasteiger partial charge in [-0.25, -0.2) is 4.98 Å². The van der Waals surface area contributed by atoms with E-state index < -0.39 is 0 Å². The van der Waals surface area contributed by atoms with Gasteiger partial charge in [0.2, 0.25) is 0 Å². The molecule has 0 radical (unpaired) electrons. The van der Waals surface area contributed by atoms with Crippen LogP contribution in [0.25, 0.3) is 43.5 Å². The zero-order chi connectivity index (χ0) is 16.8. The summed E-state index contributed by atoms with van der Waals surface area (Å²) in [6, 6.07) is 23.3. The van der Waals surface area contributed by atoms with E-state index in [4.69, 9.17) is 4.98 Å². The van der Waals surface area contributed by atoms with E-state index in [9.17, 15) is 0 Å². The molecule has 0 unspecified atom stereocenters. The quantitative estimate of drug-likeness (QED) is 0.394. The first-order chi connectivity index (χ1) is 12.3. The Labute approximate surface area is 149 Å². The van der Waals surface area contributed by atoms with Crippen molar-refractivity contribution in [3.63, 3.8) is 0 Å². The highest BCUT2D eigenvalue weighted by Crippen LogP contribution is 2.38. The minimum absolute atomic E-state index is 1.04. The van der Waals surface area contributed by atoms with Crippen LogP contribution in [0.1, 0.15) is 5.69 Å². The molecule has 0 bridgehead atoms. The predicted molar refractivity (Wildman–Crippen MR) is 107 cm³/mol. The van der Waals surface area contributed by atoms with Gasteiger partial charge in [0.15, 0.2) is 0 Å². The van der Waals surface area contributed by atoms with E-state index in [1.165, 1.54) is 32.9 Å². The summed E-state index contributed by atoms with van der Waals surface area (Å²) in [5.74, 6) is 0. The molecule has 5 rings (SSSR count). The molecule has 2 nitrogen and oxygen atoms in total. The standard InChI is InChI=1S/C22H16N2S/c1-14-20(22-24-19(13-25-22)16-8-3-2-4-9-16)18-12-11-15-7-5-6-10-17(15)21(18)23-14/h2-13,23H,1H3. The molecule has 2 aromatic heterocycles. The van der Waals surface area contributed by atoms with Gasteiger partial charge in [-0.1, -0.05) is 66.7 Å². The molecule has 0 aliphatic heterocycles. The van der Waals surface area contributed by atoms with Crippen molar-refractivity contribution in [2.45, 2.75) is 6.92 Å². The summed E-state index contributed by atoms with van der Waals surface area (Å²) in [5, 5.41) is 6.97. The summed E-state index contributed by atoms with van der Waals surface area (Å²) in [5.41, 5.74) is 5.78. The average molecular weight is 340 g/mol. The number of hydrogen-bond acceptors (Lipinski definition) is 2. The van der Waals surface area contributed by atoms with Crippen molar-refractivity contribution in [2.75, 3.05) is 0 Å². The summed E-state index contributed by atoms with van der Waals surface area (Å²) in [6.45, 7) is 2.13. The van der Waals surface area contributed by atoms with Gasteiger partial charge in [-0.2, -0.15) is 0 Å². The molecule has 0 atom stereocenters. The number of benzene rings is 3. The number of aromatic amines is 1. The van der Waals surface area contributed by atoms with Gasteiger partial charge in [-0.05, 0) is 12.3 Å². The Hall–Kier alpha value is -2.91. The number of thiazole rings is 1. The first-order valence-corrected chi connectivity index (χ1v) is 9.20. The topological polar surface area (TPSA) is 28.7 Å². The lowest BCUT2D eigenvalue weighted by Gasteiger charge is -2.00. The van der Waals surface area contributed by atoms with E-state index in [0.717, 1.165) is 16.3 Å². The normalized spacial score (nSPS) is 11.4. The Kier molecular flexibility index (Phi) is 3.22. The molecule has 2 heterocycles. The maximum absolute atomic E-state index is 4.91. The third kappa shape index (κ3) is 2.28. The molecule has 0 aliphatic carbocycles. The number of H-pyrrole nitrogens is 1. The number of aryl methyl sites for hydroxylation is 1. The predicted octanol–water partition coefficient (Wildman–Crippen LogP) is 6.42. The minimum atomic E-state index is 1.04. The van der Waals surface area contributed by atoms with Crippen LogP contribution in [-0.4, -0.2) is 9.97 Å². The summed E-state index contributed by atoms with van der Waals surface area (Å²) in [7, 11) is 0. The lowest BCUT2D eigenvalue weighted by Crippen LogP contribution is -1.80. The second-order valence-electron chi connectivity index (χ2n) is 6.24. The minimum Gasteiger partial charge on any atom is -0.358 e. The van der Waals surface area contributed by atoms with Crippen LogP contribution in [-0.2, 0) is 0 Å². The Morgan fingerprint density at radius 2 is 1.64 bits per heavy atom. The van der Waals surface area contributed by atoms with Crippen molar-refractivity contribution >= 4 is 33.0 Å². The van der Waals surface area contributed by atoms with Crippen LogP contribution in [0, 0.1) is 6.92 Å². The number of aromatic nitrogens is 2. The van der Waals surface area contributed by atoms with E-state index >= 15 is 0 Å². The summed E-state index contributed by atoms with van der Waals surface area (Å²) in [6.07, 6.45) is 0. The van der Waals surface area contributed by atoms with E-state index in [1.807, 2.05) is 6.07 Å². The highest BCUT2D eigenvalue weighted by atomic mass is 32.1. The smallest absolute Gasteiger partial charge is 0.126 e. The number of hydrogen-bond donors (Lipinski definition) is 1. The molecule has 3 aromatic carbocycles. The molecule has 25 heavy (non-hydrogen) atoms. The number of fused-ring (bicyclic) bond motifs is 3. The second-order valence-corrected chi connectivity index (χ2v) is 7.10. The van der Waals surface area contributed by atoms with Crippen LogP contribution in [0.3, 0.4) is 0 Å². The zero-order valence-electron chi connectivity index (χ0n) is 13.8. The van der Waals surface area contributed by atoms with Gasteiger partial charge < -0.3 is 4.98 Å². The van der Waals surface area contributed by atoms with Crippen molar-refractivity contribution in [3.05, 3.63) is 77.8 Å². The van der Waals surface area contributed by atoms with Gasteiger partial charge in [0, 0.05) is 33.0 Å². The van der Waals surface area contributed by atoms with Gasteiger partial charge in [0.1, 0.15) is 5.01 Å². The summed E-state index contributed by atoms with van der Waals surface area (Å²) < 4.78 is 0. The first-order valence-electron chi connectivity index (χ1n) is 8.32. The highest BCUT2D eigenvalue weighted by Gasteiger charge is 2.16. The van der Waals surface area contributed by atoms with Crippen molar-refractivity contribution < 1.29 is 0 Å². The lowest BCUT2D eigenvalue weighted by molar-refractivity contribution is 1.29. The molecular weight excluding hydrogens is 324 g/mol. The molecular formula is C22H16N2S. The van der Waals surface area contributed by atoms with Crippen molar-refractivity contribution in [3.8, 4) is 21.8 Å². The molecule has 0 spiro atoms. The molecule has 0 saturated carbocycles. The van der Waals surface area contributed by atoms with Crippen molar-refractivity contribution in [2.24, 2.45) is 0 Å². The number of nitrogens with one attached hydrogen (secondary N) is 1. The third-order valence-corrected chi connectivity index (χ3v) is 5.53. The lowest BCUT2D eigenvalue weighted by atomic mass is 10.1. The fraction of sp³-hybridized carbons (Fsp3) is 0.0455. The average Bonchev–Trinajstić information content (AvgIpc) is 3.26. The monoisotopic (exact) mass is 340 g/mol. The van der Waals surface area contributed by atoms with E-state index in [0.29, 0.717) is 0 Å². The molecule has 5 aromatic rings. The van der Waals surface area contributed by atoms with E-state index in [1.54, 1.807) is 11.3 Å². The highest BCUT2D eigenvalue weighted by molar-refractivity contribution is 7.13. The van der Waals surface area contributed by atoms with Crippen LogP contribution in [0.15, 0.2) is 72.1 Å². The number of rotatable bonds is 2. The summed E-state index contributed by atoms with van der Waals surface area (Å²) >= 11 is 1.71. The van der Waals surface area contributed by atoms with Gasteiger partial charge >= 0.3 is 0 Å². The Morgan fingerprint density at radius 1 is 0.840 bits per heavy atom.